The summed E-state index contributed by atoms with van der Waals surface area (Å²) in [6.07, 6.45) is 4.89. The third kappa shape index (κ3) is 4.03. The van der Waals surface area contributed by atoms with Gasteiger partial charge in [-0.3, -0.25) is 9.69 Å². The van der Waals surface area contributed by atoms with Crippen LogP contribution in [0.1, 0.15) is 30.0 Å². The lowest BCUT2D eigenvalue weighted by Gasteiger charge is -2.24. The molecule has 2 aromatic carbocycles. The molecule has 1 atom stereocenters. The number of H-pyrrole nitrogens is 1. The Morgan fingerprint density at radius 1 is 1.19 bits per heavy atom. The van der Waals surface area contributed by atoms with E-state index in [2.05, 4.69) is 27.3 Å². The van der Waals surface area contributed by atoms with Gasteiger partial charge in [-0.2, -0.15) is 0 Å². The molecule has 1 fully saturated rings. The Morgan fingerprint density at radius 2 is 2.00 bits per heavy atom. The summed E-state index contributed by atoms with van der Waals surface area (Å²) in [7, 11) is 0. The summed E-state index contributed by atoms with van der Waals surface area (Å²) in [6, 6.07) is 15.0. The Balaban J connectivity index is 1.30. The van der Waals surface area contributed by atoms with E-state index >= 15 is 0 Å². The predicted octanol–water partition coefficient (Wildman–Crippen LogP) is 3.80. The van der Waals surface area contributed by atoms with Crippen LogP contribution in [0.15, 0.2) is 54.7 Å². The summed E-state index contributed by atoms with van der Waals surface area (Å²) in [5.41, 5.74) is 3.43. The number of nitrogens with one attached hydrogen (secondary N) is 2. The van der Waals surface area contributed by atoms with Crippen LogP contribution in [0.3, 0.4) is 0 Å². The molecule has 1 saturated heterocycles. The molecule has 0 bridgehead atoms. The summed E-state index contributed by atoms with van der Waals surface area (Å²) < 4.78 is 13.2. The van der Waals surface area contributed by atoms with Crippen LogP contribution in [0.4, 0.5) is 4.39 Å². The molecule has 1 aliphatic rings. The van der Waals surface area contributed by atoms with Crippen molar-refractivity contribution in [3.63, 3.8) is 0 Å². The Bertz CT molecular complexity index is 919. The fourth-order valence-electron chi connectivity index (χ4n) is 3.99. The first-order chi connectivity index (χ1) is 13.2. The van der Waals surface area contributed by atoms with E-state index in [1.165, 1.54) is 23.1 Å². The second kappa shape index (κ2) is 7.92. The average Bonchev–Trinajstić information content (AvgIpc) is 3.30. The van der Waals surface area contributed by atoms with Crippen molar-refractivity contribution in [2.75, 3.05) is 19.6 Å². The molecule has 2 N–H and O–H groups in total. The molecular weight excluding hydrogens is 341 g/mol. The molecule has 1 amide bonds. The Hall–Kier alpha value is -2.66. The number of carbonyl (C=O) groups is 1. The monoisotopic (exact) mass is 365 g/mol. The quantitative estimate of drug-likeness (QED) is 0.698. The molecule has 0 spiro atoms. The number of rotatable bonds is 6. The highest BCUT2D eigenvalue weighted by Crippen LogP contribution is 2.31. The van der Waals surface area contributed by atoms with E-state index < -0.39 is 0 Å². The first-order valence-electron chi connectivity index (χ1n) is 9.52. The fraction of sp³-hybridized carbons (Fsp3) is 0.318. The number of carbonyl (C=O) groups excluding carboxylic acids is 1. The minimum Gasteiger partial charge on any atom is -0.361 e. The van der Waals surface area contributed by atoms with Crippen LogP contribution in [0, 0.1) is 5.82 Å². The number of aromatic nitrogens is 1. The molecule has 2 heterocycles. The molecule has 1 aliphatic heterocycles. The van der Waals surface area contributed by atoms with Crippen LogP contribution in [0.25, 0.3) is 10.9 Å². The molecular formula is C22H24FN3O. The third-order valence-electron chi connectivity index (χ3n) is 5.36. The van der Waals surface area contributed by atoms with Crippen LogP contribution in [-0.4, -0.2) is 35.4 Å². The van der Waals surface area contributed by atoms with Crippen molar-refractivity contribution in [3.8, 4) is 0 Å². The van der Waals surface area contributed by atoms with E-state index in [0.29, 0.717) is 13.1 Å². The summed E-state index contributed by atoms with van der Waals surface area (Å²) >= 11 is 0. The van der Waals surface area contributed by atoms with E-state index in [1.54, 1.807) is 0 Å². The van der Waals surface area contributed by atoms with Gasteiger partial charge in [0, 0.05) is 29.7 Å². The molecule has 27 heavy (non-hydrogen) atoms. The van der Waals surface area contributed by atoms with E-state index in [1.807, 2.05) is 30.5 Å². The predicted molar refractivity (Wildman–Crippen MR) is 105 cm³/mol. The highest BCUT2D eigenvalue weighted by molar-refractivity contribution is 5.83. The van der Waals surface area contributed by atoms with E-state index in [4.69, 9.17) is 0 Å². The highest BCUT2D eigenvalue weighted by atomic mass is 19.1. The average molecular weight is 365 g/mol. The second-order valence-electron chi connectivity index (χ2n) is 7.14. The van der Waals surface area contributed by atoms with Gasteiger partial charge in [0.25, 0.3) is 0 Å². The SMILES string of the molecule is O=C(CN1CCC[C@H]1c1ccc(F)cc1)NCCc1c[nH]c2ccccc12. The number of fused-ring (bicyclic) bond motifs is 1. The smallest absolute Gasteiger partial charge is 0.234 e. The van der Waals surface area contributed by atoms with Crippen molar-refractivity contribution in [1.82, 2.24) is 15.2 Å². The molecule has 0 radical (unpaired) electrons. The molecule has 3 aromatic rings. The molecule has 4 rings (SSSR count). The zero-order chi connectivity index (χ0) is 18.6. The van der Waals surface area contributed by atoms with Crippen molar-refractivity contribution in [2.24, 2.45) is 0 Å². The van der Waals surface area contributed by atoms with Gasteiger partial charge in [0.05, 0.1) is 6.54 Å². The number of hydrogen-bond acceptors (Lipinski definition) is 2. The van der Waals surface area contributed by atoms with Gasteiger partial charge in [0.1, 0.15) is 5.82 Å². The largest absolute Gasteiger partial charge is 0.361 e. The van der Waals surface area contributed by atoms with E-state index in [9.17, 15) is 9.18 Å². The number of likely N-dealkylation sites (tertiary alicyclic amines) is 1. The number of nitrogens with zero attached hydrogens (tertiary/aromatic N) is 1. The lowest BCUT2D eigenvalue weighted by molar-refractivity contribution is -0.122. The number of halogens is 1. The zero-order valence-electron chi connectivity index (χ0n) is 15.2. The molecule has 0 saturated carbocycles. The van der Waals surface area contributed by atoms with Gasteiger partial charge in [0.2, 0.25) is 5.91 Å². The summed E-state index contributed by atoms with van der Waals surface area (Å²) in [6.45, 7) is 1.91. The fourth-order valence-corrected chi connectivity index (χ4v) is 3.99. The number of amides is 1. The summed E-state index contributed by atoms with van der Waals surface area (Å²) in [4.78, 5) is 17.9. The van der Waals surface area contributed by atoms with Crippen molar-refractivity contribution in [1.29, 1.82) is 0 Å². The summed E-state index contributed by atoms with van der Waals surface area (Å²) in [5, 5.41) is 4.25. The van der Waals surface area contributed by atoms with Crippen molar-refractivity contribution in [2.45, 2.75) is 25.3 Å². The van der Waals surface area contributed by atoms with Gasteiger partial charge in [-0.15, -0.1) is 0 Å². The van der Waals surface area contributed by atoms with E-state index in [-0.39, 0.29) is 17.8 Å². The van der Waals surface area contributed by atoms with Crippen LogP contribution >= 0.6 is 0 Å². The van der Waals surface area contributed by atoms with Gasteiger partial charge < -0.3 is 10.3 Å². The van der Waals surface area contributed by atoms with Crippen LogP contribution < -0.4 is 5.32 Å². The third-order valence-corrected chi connectivity index (χ3v) is 5.36. The van der Waals surface area contributed by atoms with Crippen molar-refractivity contribution in [3.05, 3.63) is 71.7 Å². The molecule has 1 aromatic heterocycles. The van der Waals surface area contributed by atoms with Crippen molar-refractivity contribution < 1.29 is 9.18 Å². The minimum atomic E-state index is -0.224. The lowest BCUT2D eigenvalue weighted by Crippen LogP contribution is -2.37. The Kier molecular flexibility index (Phi) is 5.21. The first-order valence-corrected chi connectivity index (χ1v) is 9.52. The molecule has 0 aliphatic carbocycles. The maximum atomic E-state index is 13.2. The highest BCUT2D eigenvalue weighted by Gasteiger charge is 2.27. The number of hydrogen-bond donors (Lipinski definition) is 2. The molecule has 5 heteroatoms. The van der Waals surface area contributed by atoms with Gasteiger partial charge in [-0.25, -0.2) is 4.39 Å². The molecule has 140 valence electrons. The maximum absolute atomic E-state index is 13.2. The number of benzene rings is 2. The molecule has 0 unspecified atom stereocenters. The van der Waals surface area contributed by atoms with E-state index in [0.717, 1.165) is 36.9 Å². The zero-order valence-corrected chi connectivity index (χ0v) is 15.2. The van der Waals surface area contributed by atoms with Crippen LogP contribution in [0.2, 0.25) is 0 Å². The standard InChI is InChI=1S/C22H24FN3O/c23-18-9-7-16(8-10-18)21-6-3-13-26(21)15-22(27)24-12-11-17-14-25-20-5-2-1-4-19(17)20/h1-2,4-5,7-10,14,21,25H,3,6,11-13,15H2,(H,24,27)/t21-/m0/s1. The number of para-hydroxylation sites is 1. The Labute approximate surface area is 158 Å². The van der Waals surface area contributed by atoms with Gasteiger partial charge in [-0.05, 0) is 55.1 Å². The number of aromatic amines is 1. The second-order valence-corrected chi connectivity index (χ2v) is 7.14. The van der Waals surface area contributed by atoms with Gasteiger partial charge in [-0.1, -0.05) is 30.3 Å². The Morgan fingerprint density at radius 3 is 2.85 bits per heavy atom. The van der Waals surface area contributed by atoms with Crippen molar-refractivity contribution >= 4 is 16.8 Å². The first kappa shape index (κ1) is 17.7. The maximum Gasteiger partial charge on any atom is 0.234 e. The topological polar surface area (TPSA) is 48.1 Å². The van der Waals surface area contributed by atoms with Gasteiger partial charge in [0.15, 0.2) is 0 Å². The minimum absolute atomic E-state index is 0.0452. The normalized spacial score (nSPS) is 17.4. The van der Waals surface area contributed by atoms with Gasteiger partial charge >= 0.3 is 0 Å². The van der Waals surface area contributed by atoms with Crippen LogP contribution in [0.5, 0.6) is 0 Å². The van der Waals surface area contributed by atoms with Crippen LogP contribution in [-0.2, 0) is 11.2 Å². The summed E-state index contributed by atoms with van der Waals surface area (Å²) in [5.74, 6) is -0.179. The molecule has 4 nitrogen and oxygen atoms in total. The lowest BCUT2D eigenvalue weighted by atomic mass is 10.0.